The number of nitrogens with one attached hydrogen (secondary N) is 1. The molecule has 0 bridgehead atoms. The zero-order chi connectivity index (χ0) is 19.4. The standard InChI is InChI=1S/C22H27N3O2/c1-5-7-19-20(25-13-6-8-16(4)21(25)24-19)22(26)23-17-9-11-18(12-10-17)27-14-15(2)3/h6,8-13,15H,5,7,14H2,1-4H3,(H,23,26). The summed E-state index contributed by atoms with van der Waals surface area (Å²) in [6.07, 6.45) is 3.60. The highest BCUT2D eigenvalue weighted by atomic mass is 16.5. The van der Waals surface area contributed by atoms with Gasteiger partial charge in [-0.1, -0.05) is 33.3 Å². The molecule has 5 heteroatoms. The number of pyridine rings is 1. The number of aromatic nitrogens is 2. The van der Waals surface area contributed by atoms with Gasteiger partial charge in [0.15, 0.2) is 0 Å². The summed E-state index contributed by atoms with van der Waals surface area (Å²) in [6.45, 7) is 9.00. The molecule has 0 spiro atoms. The Hall–Kier alpha value is -2.82. The summed E-state index contributed by atoms with van der Waals surface area (Å²) in [7, 11) is 0. The zero-order valence-electron chi connectivity index (χ0n) is 16.5. The summed E-state index contributed by atoms with van der Waals surface area (Å²) in [6, 6.07) is 11.4. The van der Waals surface area contributed by atoms with Crippen molar-refractivity contribution >= 4 is 17.2 Å². The zero-order valence-corrected chi connectivity index (χ0v) is 16.5. The van der Waals surface area contributed by atoms with E-state index in [9.17, 15) is 4.79 Å². The van der Waals surface area contributed by atoms with Crippen LogP contribution in [0.15, 0.2) is 42.6 Å². The first-order valence-electron chi connectivity index (χ1n) is 9.50. The van der Waals surface area contributed by atoms with E-state index in [1.165, 1.54) is 0 Å². The Bertz CT molecular complexity index is 927. The van der Waals surface area contributed by atoms with Gasteiger partial charge in [-0.15, -0.1) is 0 Å². The minimum absolute atomic E-state index is 0.146. The van der Waals surface area contributed by atoms with Gasteiger partial charge in [0.1, 0.15) is 17.1 Å². The number of nitrogens with zero attached hydrogens (tertiary/aromatic N) is 2. The molecule has 0 atom stereocenters. The van der Waals surface area contributed by atoms with Crippen molar-refractivity contribution in [3.63, 3.8) is 0 Å². The summed E-state index contributed by atoms with van der Waals surface area (Å²) >= 11 is 0. The number of carbonyl (C=O) groups is 1. The van der Waals surface area contributed by atoms with Crippen LogP contribution < -0.4 is 10.1 Å². The van der Waals surface area contributed by atoms with Crippen LogP contribution in [0.2, 0.25) is 0 Å². The van der Waals surface area contributed by atoms with Gasteiger partial charge in [0.05, 0.1) is 12.3 Å². The first-order valence-corrected chi connectivity index (χ1v) is 9.50. The molecule has 0 fully saturated rings. The molecule has 27 heavy (non-hydrogen) atoms. The number of amides is 1. The van der Waals surface area contributed by atoms with Gasteiger partial charge in [0.25, 0.3) is 5.91 Å². The van der Waals surface area contributed by atoms with E-state index in [-0.39, 0.29) is 5.91 Å². The minimum atomic E-state index is -0.146. The summed E-state index contributed by atoms with van der Waals surface area (Å²) in [5.41, 5.74) is 4.07. The van der Waals surface area contributed by atoms with Gasteiger partial charge >= 0.3 is 0 Å². The van der Waals surface area contributed by atoms with Crippen LogP contribution in [0.5, 0.6) is 5.75 Å². The highest BCUT2D eigenvalue weighted by Crippen LogP contribution is 2.21. The van der Waals surface area contributed by atoms with E-state index in [0.717, 1.165) is 41.2 Å². The summed E-state index contributed by atoms with van der Waals surface area (Å²) < 4.78 is 7.58. The van der Waals surface area contributed by atoms with Gasteiger partial charge in [0.2, 0.25) is 0 Å². The molecule has 0 saturated heterocycles. The molecule has 0 saturated carbocycles. The molecule has 0 unspecified atom stereocenters. The summed E-state index contributed by atoms with van der Waals surface area (Å²) in [5, 5.41) is 2.99. The van der Waals surface area contributed by atoms with Crippen molar-refractivity contribution in [2.75, 3.05) is 11.9 Å². The SMILES string of the molecule is CCCc1nc2c(C)cccn2c1C(=O)Nc1ccc(OCC(C)C)cc1. The van der Waals surface area contributed by atoms with E-state index < -0.39 is 0 Å². The van der Waals surface area contributed by atoms with Crippen molar-refractivity contribution in [3.05, 3.63) is 59.5 Å². The molecule has 0 aliphatic carbocycles. The van der Waals surface area contributed by atoms with Crippen molar-refractivity contribution in [3.8, 4) is 5.75 Å². The Balaban J connectivity index is 1.83. The molecule has 3 aromatic rings. The molecule has 0 aliphatic rings. The number of ether oxygens (including phenoxy) is 1. The smallest absolute Gasteiger partial charge is 0.274 e. The molecule has 5 nitrogen and oxygen atoms in total. The number of imidazole rings is 1. The monoisotopic (exact) mass is 365 g/mol. The van der Waals surface area contributed by atoms with Gasteiger partial charge in [-0.2, -0.15) is 0 Å². The van der Waals surface area contributed by atoms with E-state index in [4.69, 9.17) is 9.72 Å². The van der Waals surface area contributed by atoms with Crippen LogP contribution in [0.3, 0.4) is 0 Å². The van der Waals surface area contributed by atoms with Gasteiger partial charge < -0.3 is 10.1 Å². The van der Waals surface area contributed by atoms with Crippen LogP contribution in [-0.2, 0) is 6.42 Å². The predicted molar refractivity (Wildman–Crippen MR) is 109 cm³/mol. The van der Waals surface area contributed by atoms with E-state index in [2.05, 4.69) is 26.1 Å². The van der Waals surface area contributed by atoms with Gasteiger partial charge in [-0.25, -0.2) is 4.98 Å². The number of hydrogen-bond donors (Lipinski definition) is 1. The largest absolute Gasteiger partial charge is 0.493 e. The Labute approximate surface area is 160 Å². The Morgan fingerprint density at radius 3 is 2.63 bits per heavy atom. The number of anilines is 1. The lowest BCUT2D eigenvalue weighted by Crippen LogP contribution is -2.16. The average molecular weight is 365 g/mol. The fraction of sp³-hybridized carbons (Fsp3) is 0.364. The molecule has 3 rings (SSSR count). The quantitative estimate of drug-likeness (QED) is 0.649. The molecule has 1 aromatic carbocycles. The minimum Gasteiger partial charge on any atom is -0.493 e. The van der Waals surface area contributed by atoms with E-state index in [1.54, 1.807) is 0 Å². The second kappa shape index (κ2) is 8.25. The highest BCUT2D eigenvalue weighted by Gasteiger charge is 2.19. The molecule has 0 aliphatic heterocycles. The maximum absolute atomic E-state index is 13.0. The fourth-order valence-corrected chi connectivity index (χ4v) is 2.99. The fourth-order valence-electron chi connectivity index (χ4n) is 2.99. The second-order valence-electron chi connectivity index (χ2n) is 7.23. The molecule has 1 amide bonds. The molecule has 0 radical (unpaired) electrons. The first kappa shape index (κ1) is 19.0. The van der Waals surface area contributed by atoms with Gasteiger partial charge in [-0.3, -0.25) is 9.20 Å². The van der Waals surface area contributed by atoms with Crippen molar-refractivity contribution in [2.45, 2.75) is 40.5 Å². The molecular weight excluding hydrogens is 338 g/mol. The Morgan fingerprint density at radius 2 is 1.96 bits per heavy atom. The molecule has 2 aromatic heterocycles. The molecular formula is C22H27N3O2. The van der Waals surface area contributed by atoms with Crippen molar-refractivity contribution < 1.29 is 9.53 Å². The summed E-state index contributed by atoms with van der Waals surface area (Å²) in [4.78, 5) is 17.7. The summed E-state index contributed by atoms with van der Waals surface area (Å²) in [5.74, 6) is 1.13. The van der Waals surface area contributed by atoms with Crippen LogP contribution in [0, 0.1) is 12.8 Å². The van der Waals surface area contributed by atoms with Crippen molar-refractivity contribution in [1.82, 2.24) is 9.38 Å². The van der Waals surface area contributed by atoms with Crippen LogP contribution in [0.1, 0.15) is 48.9 Å². The van der Waals surface area contributed by atoms with E-state index in [1.807, 2.05) is 53.9 Å². The number of fused-ring (bicyclic) bond motifs is 1. The number of carbonyl (C=O) groups excluding carboxylic acids is 1. The third-order valence-corrected chi connectivity index (χ3v) is 4.31. The van der Waals surface area contributed by atoms with Crippen LogP contribution in [0.25, 0.3) is 5.65 Å². The molecule has 2 heterocycles. The Kier molecular flexibility index (Phi) is 5.79. The topological polar surface area (TPSA) is 55.6 Å². The van der Waals surface area contributed by atoms with Crippen molar-refractivity contribution in [1.29, 1.82) is 0 Å². The Morgan fingerprint density at radius 1 is 1.22 bits per heavy atom. The first-order chi connectivity index (χ1) is 13.0. The van der Waals surface area contributed by atoms with Gasteiger partial charge in [0, 0.05) is 11.9 Å². The number of aryl methyl sites for hydroxylation is 2. The lowest BCUT2D eigenvalue weighted by molar-refractivity contribution is 0.102. The van der Waals surface area contributed by atoms with Gasteiger partial charge in [-0.05, 0) is 55.2 Å². The average Bonchev–Trinajstić information content (AvgIpc) is 3.01. The second-order valence-corrected chi connectivity index (χ2v) is 7.23. The molecule has 142 valence electrons. The lowest BCUT2D eigenvalue weighted by atomic mass is 10.2. The van der Waals surface area contributed by atoms with E-state index >= 15 is 0 Å². The van der Waals surface area contributed by atoms with E-state index in [0.29, 0.717) is 18.2 Å². The third kappa shape index (κ3) is 4.30. The van der Waals surface area contributed by atoms with Crippen LogP contribution in [0.4, 0.5) is 5.69 Å². The third-order valence-electron chi connectivity index (χ3n) is 4.31. The maximum Gasteiger partial charge on any atom is 0.274 e. The maximum atomic E-state index is 13.0. The van der Waals surface area contributed by atoms with Crippen molar-refractivity contribution in [2.24, 2.45) is 5.92 Å². The normalized spacial score (nSPS) is 11.1. The number of hydrogen-bond acceptors (Lipinski definition) is 3. The number of benzene rings is 1. The highest BCUT2D eigenvalue weighted by molar-refractivity contribution is 6.04. The lowest BCUT2D eigenvalue weighted by Gasteiger charge is -2.10. The molecule has 1 N–H and O–H groups in total. The predicted octanol–water partition coefficient (Wildman–Crippen LogP) is 4.88. The number of rotatable bonds is 7. The van der Waals surface area contributed by atoms with Crippen LogP contribution >= 0.6 is 0 Å². The van der Waals surface area contributed by atoms with Crippen LogP contribution in [-0.4, -0.2) is 21.9 Å².